The summed E-state index contributed by atoms with van der Waals surface area (Å²) in [5.74, 6) is -1.00. The van der Waals surface area contributed by atoms with E-state index in [1.54, 1.807) is 0 Å². The van der Waals surface area contributed by atoms with Crippen LogP contribution in [0.5, 0.6) is 0 Å². The van der Waals surface area contributed by atoms with E-state index in [0.717, 1.165) is 0 Å². The van der Waals surface area contributed by atoms with Gasteiger partial charge in [-0.15, -0.1) is 0 Å². The summed E-state index contributed by atoms with van der Waals surface area (Å²) in [5, 5.41) is 2.49. The Kier molecular flexibility index (Phi) is 5.80. The minimum Gasteiger partial charge on any atom is -0.384 e. The average Bonchev–Trinajstić information content (AvgIpc) is 2.08. The fourth-order valence-electron chi connectivity index (χ4n) is 1.23. The van der Waals surface area contributed by atoms with E-state index < -0.39 is 27.3 Å². The van der Waals surface area contributed by atoms with Crippen molar-refractivity contribution in [1.82, 2.24) is 5.32 Å². The van der Waals surface area contributed by atoms with Crippen LogP contribution >= 0.6 is 0 Å². The van der Waals surface area contributed by atoms with Crippen LogP contribution in [0.2, 0.25) is 0 Å². The molecule has 0 saturated carbocycles. The van der Waals surface area contributed by atoms with Crippen molar-refractivity contribution in [2.24, 2.45) is 0 Å². The number of hydrogen-bond acceptors (Lipinski definition) is 4. The van der Waals surface area contributed by atoms with Gasteiger partial charge in [0.15, 0.2) is 0 Å². The Balaban J connectivity index is 4.41. The van der Waals surface area contributed by atoms with Crippen LogP contribution in [0.25, 0.3) is 0 Å². The van der Waals surface area contributed by atoms with Crippen molar-refractivity contribution in [1.29, 1.82) is 0 Å². The number of methoxy groups -OCH3 is 1. The Morgan fingerprint density at radius 1 is 1.47 bits per heavy atom. The second-order valence-electron chi connectivity index (χ2n) is 4.41. The van der Waals surface area contributed by atoms with Crippen molar-refractivity contribution in [2.75, 3.05) is 19.5 Å². The lowest BCUT2D eigenvalue weighted by atomic mass is 10.1. The predicted octanol–water partition coefficient (Wildman–Crippen LogP) is 0.362. The van der Waals surface area contributed by atoms with E-state index in [2.05, 4.69) is 11.9 Å². The first-order chi connectivity index (χ1) is 7.57. The molecule has 17 heavy (non-hydrogen) atoms. The maximum atomic E-state index is 11.6. The Labute approximate surface area is 102 Å². The van der Waals surface area contributed by atoms with Gasteiger partial charge >= 0.3 is 0 Å². The molecular weight excluding hydrogens is 246 g/mol. The highest BCUT2D eigenvalue weighted by Crippen LogP contribution is 2.08. The molecule has 0 saturated heterocycles. The van der Waals surface area contributed by atoms with Crippen LogP contribution in [0.3, 0.4) is 0 Å². The number of hydrogen-bond donors (Lipinski definition) is 2. The molecule has 0 spiro atoms. The lowest BCUT2D eigenvalue weighted by Crippen LogP contribution is -2.48. The van der Waals surface area contributed by atoms with Crippen LogP contribution in [-0.2, 0) is 19.6 Å². The third-order valence-corrected chi connectivity index (χ3v) is 3.01. The fraction of sp³-hybridized carbons (Fsp3) is 0.700. The Morgan fingerprint density at radius 2 is 2.00 bits per heavy atom. The molecule has 0 aliphatic rings. The lowest BCUT2D eigenvalue weighted by molar-refractivity contribution is -0.119. The quantitative estimate of drug-likeness (QED) is 0.512. The van der Waals surface area contributed by atoms with Crippen LogP contribution in [0.1, 0.15) is 20.3 Å². The highest BCUT2D eigenvalue weighted by molar-refractivity contribution is 7.85. The third-order valence-electron chi connectivity index (χ3n) is 1.92. The molecule has 2 N–H and O–H groups in total. The van der Waals surface area contributed by atoms with E-state index in [0.29, 0.717) is 18.6 Å². The SMILES string of the molecule is C=C(CCOC)C(=O)NC(C)(C)CS(=O)(=O)O. The van der Waals surface area contributed by atoms with Crippen molar-refractivity contribution >= 4 is 16.0 Å². The third kappa shape index (κ3) is 7.89. The van der Waals surface area contributed by atoms with Gasteiger partial charge in [0.25, 0.3) is 10.1 Å². The van der Waals surface area contributed by atoms with Crippen LogP contribution in [0, 0.1) is 0 Å². The smallest absolute Gasteiger partial charge is 0.267 e. The van der Waals surface area contributed by atoms with Crippen LogP contribution in [0.4, 0.5) is 0 Å². The van der Waals surface area contributed by atoms with Crippen molar-refractivity contribution in [2.45, 2.75) is 25.8 Å². The Hall–Kier alpha value is -0.920. The van der Waals surface area contributed by atoms with E-state index in [9.17, 15) is 13.2 Å². The zero-order valence-electron chi connectivity index (χ0n) is 10.3. The van der Waals surface area contributed by atoms with Gasteiger partial charge in [0.05, 0.1) is 17.9 Å². The molecule has 100 valence electrons. The molecule has 0 aromatic rings. The van der Waals surface area contributed by atoms with Gasteiger partial charge in [0, 0.05) is 19.1 Å². The number of rotatable bonds is 7. The van der Waals surface area contributed by atoms with Crippen LogP contribution in [-0.4, -0.2) is 43.9 Å². The van der Waals surface area contributed by atoms with E-state index in [-0.39, 0.29) is 0 Å². The van der Waals surface area contributed by atoms with Crippen LogP contribution in [0.15, 0.2) is 12.2 Å². The summed E-state index contributed by atoms with van der Waals surface area (Å²) in [6, 6.07) is 0. The second-order valence-corrected chi connectivity index (χ2v) is 5.86. The van der Waals surface area contributed by atoms with Gasteiger partial charge in [-0.25, -0.2) is 0 Å². The maximum absolute atomic E-state index is 11.6. The Morgan fingerprint density at radius 3 is 2.41 bits per heavy atom. The number of carbonyl (C=O) groups excluding carboxylic acids is 1. The molecule has 7 heteroatoms. The molecule has 0 bridgehead atoms. The maximum Gasteiger partial charge on any atom is 0.267 e. The molecule has 0 aromatic heterocycles. The average molecular weight is 265 g/mol. The number of ether oxygens (including phenoxy) is 1. The highest BCUT2D eigenvalue weighted by Gasteiger charge is 2.27. The monoisotopic (exact) mass is 265 g/mol. The standard InChI is InChI=1S/C10H19NO5S/c1-8(5-6-16-4)9(12)11-10(2,3)7-17(13,14)15/h1,5-7H2,2-4H3,(H,11,12)(H,13,14,15). The lowest BCUT2D eigenvalue weighted by Gasteiger charge is -2.25. The minimum atomic E-state index is -4.14. The predicted molar refractivity (Wildman–Crippen MR) is 64.3 cm³/mol. The van der Waals surface area contributed by atoms with Crippen molar-refractivity contribution in [3.05, 3.63) is 12.2 Å². The first-order valence-corrected chi connectivity index (χ1v) is 6.63. The number of amides is 1. The first-order valence-electron chi connectivity index (χ1n) is 5.02. The van der Waals surface area contributed by atoms with E-state index >= 15 is 0 Å². The molecule has 6 nitrogen and oxygen atoms in total. The molecule has 1 amide bonds. The van der Waals surface area contributed by atoms with Gasteiger partial charge in [0.2, 0.25) is 5.91 Å². The van der Waals surface area contributed by atoms with Gasteiger partial charge in [-0.1, -0.05) is 6.58 Å². The molecule has 0 rings (SSSR count). The topological polar surface area (TPSA) is 92.7 Å². The zero-order chi connectivity index (χ0) is 13.7. The van der Waals surface area contributed by atoms with Gasteiger partial charge in [0.1, 0.15) is 0 Å². The van der Waals surface area contributed by atoms with Crippen molar-refractivity contribution < 1.29 is 22.5 Å². The second kappa shape index (κ2) is 6.13. The van der Waals surface area contributed by atoms with E-state index in [4.69, 9.17) is 9.29 Å². The van der Waals surface area contributed by atoms with E-state index in [1.165, 1.54) is 21.0 Å². The van der Waals surface area contributed by atoms with Crippen molar-refractivity contribution in [3.8, 4) is 0 Å². The van der Waals surface area contributed by atoms with Gasteiger partial charge < -0.3 is 10.1 Å². The summed E-state index contributed by atoms with van der Waals surface area (Å²) in [6.45, 7) is 6.94. The van der Waals surface area contributed by atoms with E-state index in [1.807, 2.05) is 0 Å². The normalized spacial score (nSPS) is 12.2. The molecule has 0 unspecified atom stereocenters. The summed E-state index contributed by atoms with van der Waals surface area (Å²) < 4.78 is 35.0. The molecule has 0 aliphatic heterocycles. The number of carbonyl (C=O) groups is 1. The minimum absolute atomic E-state index is 0.301. The molecule has 0 heterocycles. The number of nitrogens with one attached hydrogen (secondary N) is 1. The molecular formula is C10H19NO5S. The van der Waals surface area contributed by atoms with Gasteiger partial charge in [-0.2, -0.15) is 8.42 Å². The summed E-state index contributed by atoms with van der Waals surface area (Å²) >= 11 is 0. The largest absolute Gasteiger partial charge is 0.384 e. The van der Waals surface area contributed by atoms with Gasteiger partial charge in [-0.05, 0) is 13.8 Å². The molecule has 0 aromatic carbocycles. The Bertz CT molecular complexity index is 386. The molecule has 0 radical (unpaired) electrons. The fourth-order valence-corrected chi connectivity index (χ4v) is 2.21. The zero-order valence-corrected chi connectivity index (χ0v) is 11.1. The summed E-state index contributed by atoms with van der Waals surface area (Å²) in [5.41, 5.74) is -0.754. The summed E-state index contributed by atoms with van der Waals surface area (Å²) in [4.78, 5) is 11.6. The molecule has 0 aliphatic carbocycles. The van der Waals surface area contributed by atoms with Crippen LogP contribution < -0.4 is 5.32 Å². The van der Waals surface area contributed by atoms with Gasteiger partial charge in [-0.3, -0.25) is 9.35 Å². The van der Waals surface area contributed by atoms with Crippen molar-refractivity contribution in [3.63, 3.8) is 0 Å². The molecule has 0 atom stereocenters. The first kappa shape index (κ1) is 16.1. The molecule has 0 fully saturated rings. The summed E-state index contributed by atoms with van der Waals surface area (Å²) in [7, 11) is -2.63. The summed E-state index contributed by atoms with van der Waals surface area (Å²) in [6.07, 6.45) is 0.365. The highest BCUT2D eigenvalue weighted by atomic mass is 32.2.